The van der Waals surface area contributed by atoms with Crippen molar-refractivity contribution < 1.29 is 0 Å². The fourth-order valence-corrected chi connectivity index (χ4v) is 2.80. The molecule has 3 rings (SSSR count). The molecule has 108 valence electrons. The Balaban J connectivity index is 1.94. The lowest BCUT2D eigenvalue weighted by molar-refractivity contribution is 0.850. The molecule has 2 aromatic heterocycles. The molecule has 6 heteroatoms. The number of hydrogen-bond acceptors (Lipinski definition) is 4. The van der Waals surface area contributed by atoms with Crippen molar-refractivity contribution >= 4 is 33.0 Å². The first kappa shape index (κ1) is 13.9. The third kappa shape index (κ3) is 2.85. The summed E-state index contributed by atoms with van der Waals surface area (Å²) < 4.78 is 2.76. The van der Waals surface area contributed by atoms with Gasteiger partial charge in [0.05, 0.1) is 6.04 Å². The van der Waals surface area contributed by atoms with Crippen molar-refractivity contribution in [1.82, 2.24) is 14.6 Å². The van der Waals surface area contributed by atoms with E-state index >= 15 is 0 Å². The Bertz CT molecular complexity index is 776. The molecule has 1 aromatic carbocycles. The monoisotopic (exact) mass is 345 g/mol. The zero-order valence-corrected chi connectivity index (χ0v) is 13.4. The molecule has 0 saturated heterocycles. The fourth-order valence-electron chi connectivity index (χ4n) is 2.39. The van der Waals surface area contributed by atoms with E-state index in [0.29, 0.717) is 0 Å². The molecule has 3 N–H and O–H groups in total. The highest BCUT2D eigenvalue weighted by atomic mass is 79.9. The predicted octanol–water partition coefficient (Wildman–Crippen LogP) is 3.56. The summed E-state index contributed by atoms with van der Waals surface area (Å²) in [6.07, 6.45) is 3.44. The number of rotatable bonds is 3. The van der Waals surface area contributed by atoms with Crippen molar-refractivity contribution in [2.45, 2.75) is 19.9 Å². The van der Waals surface area contributed by atoms with E-state index in [1.165, 1.54) is 0 Å². The third-order valence-electron chi connectivity index (χ3n) is 3.35. The summed E-state index contributed by atoms with van der Waals surface area (Å²) >= 11 is 3.46. The number of nitrogens with two attached hydrogens (primary N) is 1. The molecule has 3 aromatic rings. The lowest BCUT2D eigenvalue weighted by Gasteiger charge is -2.16. The normalized spacial score (nSPS) is 12.5. The van der Waals surface area contributed by atoms with Crippen molar-refractivity contribution in [3.05, 3.63) is 52.4 Å². The number of benzene rings is 1. The Morgan fingerprint density at radius 3 is 2.86 bits per heavy atom. The van der Waals surface area contributed by atoms with Crippen molar-refractivity contribution in [3.8, 4) is 0 Å². The number of nitrogens with zero attached hydrogens (tertiary/aromatic N) is 3. The second-order valence-electron chi connectivity index (χ2n) is 5.14. The van der Waals surface area contributed by atoms with E-state index in [4.69, 9.17) is 5.73 Å². The van der Waals surface area contributed by atoms with E-state index in [1.807, 2.05) is 31.3 Å². The average Bonchev–Trinajstić information content (AvgIpc) is 2.79. The highest BCUT2D eigenvalue weighted by Gasteiger charge is 2.11. The lowest BCUT2D eigenvalue weighted by Crippen LogP contribution is -2.10. The van der Waals surface area contributed by atoms with Crippen molar-refractivity contribution in [2.24, 2.45) is 0 Å². The van der Waals surface area contributed by atoms with Gasteiger partial charge in [-0.3, -0.25) is 0 Å². The summed E-state index contributed by atoms with van der Waals surface area (Å²) in [7, 11) is 0. The summed E-state index contributed by atoms with van der Waals surface area (Å²) in [4.78, 5) is 4.34. The summed E-state index contributed by atoms with van der Waals surface area (Å²) in [6.45, 7) is 4.13. The number of nitrogens with one attached hydrogen (secondary N) is 1. The minimum atomic E-state index is 0.0968. The van der Waals surface area contributed by atoms with Crippen LogP contribution in [0.15, 0.2) is 41.3 Å². The number of aryl methyl sites for hydroxylation is 1. The Labute approximate surface area is 131 Å². The minimum Gasteiger partial charge on any atom is -0.399 e. The van der Waals surface area contributed by atoms with Crippen LogP contribution >= 0.6 is 15.9 Å². The zero-order chi connectivity index (χ0) is 15.0. The molecule has 1 atom stereocenters. The van der Waals surface area contributed by atoms with Crippen LogP contribution < -0.4 is 11.1 Å². The molecule has 0 bridgehead atoms. The molecular weight excluding hydrogens is 330 g/mol. The predicted molar refractivity (Wildman–Crippen MR) is 88.3 cm³/mol. The number of hydrogen-bond donors (Lipinski definition) is 2. The van der Waals surface area contributed by atoms with E-state index in [2.05, 4.69) is 44.3 Å². The number of fused-ring (bicyclic) bond motifs is 1. The smallest absolute Gasteiger partial charge is 0.154 e. The fraction of sp³-hybridized carbons (Fsp3) is 0.200. The Morgan fingerprint density at radius 2 is 2.10 bits per heavy atom. The van der Waals surface area contributed by atoms with E-state index in [9.17, 15) is 0 Å². The Kier molecular flexibility index (Phi) is 3.55. The first-order chi connectivity index (χ1) is 10.0. The molecule has 2 heterocycles. The van der Waals surface area contributed by atoms with Crippen LogP contribution in [-0.4, -0.2) is 14.6 Å². The third-order valence-corrected chi connectivity index (χ3v) is 3.78. The number of aromatic nitrogens is 3. The molecule has 0 spiro atoms. The van der Waals surface area contributed by atoms with E-state index in [-0.39, 0.29) is 6.04 Å². The van der Waals surface area contributed by atoms with Crippen LogP contribution in [0.5, 0.6) is 0 Å². The van der Waals surface area contributed by atoms with Gasteiger partial charge in [-0.1, -0.05) is 6.07 Å². The maximum atomic E-state index is 5.92. The number of nitrogen functional groups attached to an aromatic ring is 1. The number of halogens is 1. The van der Waals surface area contributed by atoms with Gasteiger partial charge in [0.1, 0.15) is 11.8 Å². The van der Waals surface area contributed by atoms with Gasteiger partial charge in [0.2, 0.25) is 0 Å². The summed E-state index contributed by atoms with van der Waals surface area (Å²) in [5, 5.41) is 7.61. The molecular formula is C15H16BrN5. The van der Waals surface area contributed by atoms with Crippen LogP contribution in [0.2, 0.25) is 0 Å². The minimum absolute atomic E-state index is 0.0968. The maximum Gasteiger partial charge on any atom is 0.154 e. The van der Waals surface area contributed by atoms with Gasteiger partial charge >= 0.3 is 0 Å². The van der Waals surface area contributed by atoms with Crippen LogP contribution in [0.4, 0.5) is 11.5 Å². The van der Waals surface area contributed by atoms with Crippen molar-refractivity contribution in [3.63, 3.8) is 0 Å². The van der Waals surface area contributed by atoms with Crippen molar-refractivity contribution in [1.29, 1.82) is 0 Å². The van der Waals surface area contributed by atoms with Crippen LogP contribution in [-0.2, 0) is 0 Å². The molecule has 0 radical (unpaired) electrons. The summed E-state index contributed by atoms with van der Waals surface area (Å²) in [5.41, 5.74) is 9.91. The van der Waals surface area contributed by atoms with Crippen molar-refractivity contribution in [2.75, 3.05) is 11.1 Å². The van der Waals surface area contributed by atoms with Crippen LogP contribution in [0.1, 0.15) is 24.1 Å². The second-order valence-corrected chi connectivity index (χ2v) is 6.06. The van der Waals surface area contributed by atoms with Crippen LogP contribution in [0, 0.1) is 6.92 Å². The topological polar surface area (TPSA) is 68.2 Å². The number of anilines is 2. The van der Waals surface area contributed by atoms with Crippen LogP contribution in [0.25, 0.3) is 5.52 Å². The summed E-state index contributed by atoms with van der Waals surface area (Å²) in [5.74, 6) is 0.795. The van der Waals surface area contributed by atoms with Gasteiger partial charge in [-0.05, 0) is 59.1 Å². The first-order valence-electron chi connectivity index (χ1n) is 6.65. The quantitative estimate of drug-likeness (QED) is 0.712. The molecule has 0 fully saturated rings. The molecule has 0 aliphatic rings. The van der Waals surface area contributed by atoms with Gasteiger partial charge in [0.15, 0.2) is 5.82 Å². The SMILES string of the molecule is Cc1cc(N)cc([C@@H](C)Nc2ncnn3cc(Br)cc23)c1. The zero-order valence-electron chi connectivity index (χ0n) is 11.8. The molecule has 21 heavy (non-hydrogen) atoms. The van der Waals surface area contributed by atoms with E-state index in [1.54, 1.807) is 10.8 Å². The highest BCUT2D eigenvalue weighted by Crippen LogP contribution is 2.25. The van der Waals surface area contributed by atoms with Crippen LogP contribution in [0.3, 0.4) is 0 Å². The molecule has 5 nitrogen and oxygen atoms in total. The molecule has 0 unspecified atom stereocenters. The van der Waals surface area contributed by atoms with Gasteiger partial charge in [-0.2, -0.15) is 5.10 Å². The van der Waals surface area contributed by atoms with Gasteiger partial charge in [-0.25, -0.2) is 9.50 Å². The Hall–Kier alpha value is -2.08. The molecule has 0 aliphatic carbocycles. The summed E-state index contributed by atoms with van der Waals surface area (Å²) in [6, 6.07) is 8.15. The van der Waals surface area contributed by atoms with Gasteiger partial charge < -0.3 is 11.1 Å². The Morgan fingerprint density at radius 1 is 1.29 bits per heavy atom. The first-order valence-corrected chi connectivity index (χ1v) is 7.45. The standard InChI is InChI=1S/C15H16BrN5/c1-9-3-11(5-13(17)4-9)10(2)20-15-14-6-12(16)7-21(14)19-8-18-15/h3-8,10H,17H2,1-2H3,(H,18,19,20)/t10-/m1/s1. The maximum absolute atomic E-state index is 5.92. The van der Waals surface area contributed by atoms with E-state index in [0.717, 1.165) is 32.6 Å². The highest BCUT2D eigenvalue weighted by molar-refractivity contribution is 9.10. The largest absolute Gasteiger partial charge is 0.399 e. The van der Waals surface area contributed by atoms with Gasteiger partial charge in [0.25, 0.3) is 0 Å². The lowest BCUT2D eigenvalue weighted by atomic mass is 10.0. The second kappa shape index (κ2) is 5.37. The van der Waals surface area contributed by atoms with Gasteiger partial charge in [-0.15, -0.1) is 0 Å². The van der Waals surface area contributed by atoms with Gasteiger partial charge in [0, 0.05) is 16.4 Å². The molecule has 0 amide bonds. The van der Waals surface area contributed by atoms with E-state index < -0.39 is 0 Å². The average molecular weight is 346 g/mol. The molecule has 0 saturated carbocycles. The molecule has 0 aliphatic heterocycles.